The highest BCUT2D eigenvalue weighted by Gasteiger charge is 2.32. The maximum absolute atomic E-state index is 12.4. The lowest BCUT2D eigenvalue weighted by Gasteiger charge is -2.23. The molecule has 3 heterocycles. The van der Waals surface area contributed by atoms with E-state index in [4.69, 9.17) is 21.1 Å². The van der Waals surface area contributed by atoms with Crippen molar-refractivity contribution in [1.29, 1.82) is 0 Å². The van der Waals surface area contributed by atoms with Gasteiger partial charge in [-0.15, -0.1) is 0 Å². The Hall–Kier alpha value is -2.99. The Balaban J connectivity index is 1.60. The van der Waals surface area contributed by atoms with Crippen molar-refractivity contribution in [3.63, 3.8) is 0 Å². The Morgan fingerprint density at radius 3 is 2.92 bits per heavy atom. The van der Waals surface area contributed by atoms with Crippen molar-refractivity contribution in [1.82, 2.24) is 9.55 Å². The van der Waals surface area contributed by atoms with Crippen molar-refractivity contribution in [2.45, 2.75) is 12.3 Å². The van der Waals surface area contributed by atoms with Gasteiger partial charge in [-0.2, -0.15) is 0 Å². The minimum absolute atomic E-state index is 0.0519. The van der Waals surface area contributed by atoms with Gasteiger partial charge in [0.05, 0.1) is 5.69 Å². The number of aromatic nitrogens is 2. The molecule has 0 saturated heterocycles. The Bertz CT molecular complexity index is 1030. The van der Waals surface area contributed by atoms with E-state index in [-0.39, 0.29) is 18.6 Å². The molecule has 5 rings (SSSR count). The Morgan fingerprint density at radius 2 is 2.04 bits per heavy atom. The minimum Gasteiger partial charge on any atom is -0.454 e. The molecule has 2 aliphatic heterocycles. The molecule has 0 radical (unpaired) electrons. The number of nitrogens with one attached hydrogen (secondary N) is 1. The maximum Gasteiger partial charge on any atom is 0.231 e. The van der Waals surface area contributed by atoms with E-state index in [1.54, 1.807) is 6.33 Å². The van der Waals surface area contributed by atoms with Gasteiger partial charge in [-0.05, 0) is 35.9 Å². The number of ether oxygens (including phenoxy) is 2. The summed E-state index contributed by atoms with van der Waals surface area (Å²) in [6.07, 6.45) is 2.04. The standard InChI is InChI=1S/C19H14ClN3O3/c20-12-2-1-3-13(7-12)23-9-21-18-14(8-17(24)22-19(18)23)11-4-5-15-16(6-11)26-10-25-15/h1-7,9,14H,8,10H2,(H,22,24)/t14-/m1/s1. The normalized spacial score (nSPS) is 17.7. The summed E-state index contributed by atoms with van der Waals surface area (Å²) in [5.74, 6) is 1.90. The highest BCUT2D eigenvalue weighted by atomic mass is 35.5. The summed E-state index contributed by atoms with van der Waals surface area (Å²) in [4.78, 5) is 16.9. The third-order valence-electron chi connectivity index (χ3n) is 4.66. The molecule has 0 saturated carbocycles. The molecule has 130 valence electrons. The van der Waals surface area contributed by atoms with Crippen molar-refractivity contribution < 1.29 is 14.3 Å². The summed E-state index contributed by atoms with van der Waals surface area (Å²) in [6.45, 7) is 0.221. The molecule has 3 aromatic rings. The molecule has 1 N–H and O–H groups in total. The molecule has 2 aromatic carbocycles. The summed E-state index contributed by atoms with van der Waals surface area (Å²) < 4.78 is 12.7. The van der Waals surface area contributed by atoms with Crippen LogP contribution in [0, 0.1) is 0 Å². The van der Waals surface area contributed by atoms with Gasteiger partial charge in [-0.1, -0.05) is 23.7 Å². The highest BCUT2D eigenvalue weighted by Crippen LogP contribution is 2.41. The van der Waals surface area contributed by atoms with Gasteiger partial charge in [0.25, 0.3) is 0 Å². The van der Waals surface area contributed by atoms with Crippen LogP contribution in [0.5, 0.6) is 11.5 Å². The van der Waals surface area contributed by atoms with Gasteiger partial charge in [-0.25, -0.2) is 4.98 Å². The van der Waals surface area contributed by atoms with Crippen molar-refractivity contribution in [3.05, 3.63) is 65.1 Å². The van der Waals surface area contributed by atoms with Crippen LogP contribution in [0.15, 0.2) is 48.8 Å². The summed E-state index contributed by atoms with van der Waals surface area (Å²) >= 11 is 6.11. The van der Waals surface area contributed by atoms with Crippen molar-refractivity contribution in [2.75, 3.05) is 12.1 Å². The number of rotatable bonds is 2. The molecule has 0 unspecified atom stereocenters. The number of imidazole rings is 1. The highest BCUT2D eigenvalue weighted by molar-refractivity contribution is 6.30. The maximum atomic E-state index is 12.4. The van der Waals surface area contributed by atoms with Crippen LogP contribution in [-0.2, 0) is 4.79 Å². The lowest BCUT2D eigenvalue weighted by Crippen LogP contribution is -2.24. The molecule has 1 amide bonds. The largest absolute Gasteiger partial charge is 0.454 e. The second-order valence-electron chi connectivity index (χ2n) is 6.25. The third kappa shape index (κ3) is 2.42. The van der Waals surface area contributed by atoms with E-state index < -0.39 is 0 Å². The zero-order chi connectivity index (χ0) is 17.7. The zero-order valence-electron chi connectivity index (χ0n) is 13.6. The predicted molar refractivity (Wildman–Crippen MR) is 96.2 cm³/mol. The van der Waals surface area contributed by atoms with Crippen molar-refractivity contribution in [3.8, 4) is 17.2 Å². The van der Waals surface area contributed by atoms with Crippen LogP contribution in [0.4, 0.5) is 5.82 Å². The van der Waals surface area contributed by atoms with E-state index in [1.165, 1.54) is 0 Å². The number of amides is 1. The van der Waals surface area contributed by atoms with Gasteiger partial charge >= 0.3 is 0 Å². The van der Waals surface area contributed by atoms with Crippen LogP contribution in [0.1, 0.15) is 23.6 Å². The number of anilines is 1. The Labute approximate surface area is 154 Å². The fraction of sp³-hybridized carbons (Fsp3) is 0.158. The van der Waals surface area contributed by atoms with E-state index in [2.05, 4.69) is 10.3 Å². The second kappa shape index (κ2) is 5.78. The molecular weight excluding hydrogens is 354 g/mol. The number of benzene rings is 2. The molecule has 0 fully saturated rings. The first-order valence-corrected chi connectivity index (χ1v) is 8.59. The van der Waals surface area contributed by atoms with Crippen molar-refractivity contribution >= 4 is 23.3 Å². The first-order valence-electron chi connectivity index (χ1n) is 8.21. The van der Waals surface area contributed by atoms with Gasteiger partial charge < -0.3 is 14.8 Å². The average Bonchev–Trinajstić information content (AvgIpc) is 3.27. The average molecular weight is 368 g/mol. The monoisotopic (exact) mass is 367 g/mol. The van der Waals surface area contributed by atoms with E-state index >= 15 is 0 Å². The fourth-order valence-electron chi connectivity index (χ4n) is 3.43. The van der Waals surface area contributed by atoms with Gasteiger partial charge in [0.2, 0.25) is 12.7 Å². The van der Waals surface area contributed by atoms with Crippen LogP contribution in [0.25, 0.3) is 5.69 Å². The number of nitrogens with zero attached hydrogens (tertiary/aromatic N) is 2. The van der Waals surface area contributed by atoms with Gasteiger partial charge in [-0.3, -0.25) is 9.36 Å². The SMILES string of the molecule is O=C1C[C@H](c2ccc3c(c2)OCO3)c2ncn(-c3cccc(Cl)c3)c2N1. The first kappa shape index (κ1) is 15.3. The fourth-order valence-corrected chi connectivity index (χ4v) is 3.62. The van der Waals surface area contributed by atoms with Crippen LogP contribution >= 0.6 is 11.6 Å². The number of halogens is 1. The second-order valence-corrected chi connectivity index (χ2v) is 6.68. The van der Waals surface area contributed by atoms with Crippen LogP contribution < -0.4 is 14.8 Å². The number of carbonyl (C=O) groups is 1. The summed E-state index contributed by atoms with van der Waals surface area (Å²) in [5, 5.41) is 3.57. The quantitative estimate of drug-likeness (QED) is 0.749. The molecule has 0 bridgehead atoms. The van der Waals surface area contributed by atoms with Gasteiger partial charge in [0, 0.05) is 23.0 Å². The lowest BCUT2D eigenvalue weighted by molar-refractivity contribution is -0.116. The zero-order valence-corrected chi connectivity index (χ0v) is 14.4. The molecule has 26 heavy (non-hydrogen) atoms. The van der Waals surface area contributed by atoms with Gasteiger partial charge in [0.15, 0.2) is 11.5 Å². The van der Waals surface area contributed by atoms with Crippen LogP contribution in [0.3, 0.4) is 0 Å². The molecule has 0 spiro atoms. The summed E-state index contributed by atoms with van der Waals surface area (Å²) in [7, 11) is 0. The molecular formula is C19H14ClN3O3. The smallest absolute Gasteiger partial charge is 0.231 e. The molecule has 6 nitrogen and oxygen atoms in total. The van der Waals surface area contributed by atoms with E-state index in [0.29, 0.717) is 23.0 Å². The van der Waals surface area contributed by atoms with E-state index in [1.807, 2.05) is 47.0 Å². The summed E-state index contributed by atoms with van der Waals surface area (Å²) in [6, 6.07) is 13.2. The molecule has 1 atom stereocenters. The number of fused-ring (bicyclic) bond motifs is 2. The van der Waals surface area contributed by atoms with E-state index in [9.17, 15) is 4.79 Å². The predicted octanol–water partition coefficient (Wildman–Crippen LogP) is 3.73. The number of hydrogen-bond acceptors (Lipinski definition) is 4. The Morgan fingerprint density at radius 1 is 1.15 bits per heavy atom. The van der Waals surface area contributed by atoms with Gasteiger partial charge in [0.1, 0.15) is 12.1 Å². The first-order chi connectivity index (χ1) is 12.7. The van der Waals surface area contributed by atoms with Crippen LogP contribution in [0.2, 0.25) is 5.02 Å². The lowest BCUT2D eigenvalue weighted by atomic mass is 9.89. The third-order valence-corrected chi connectivity index (χ3v) is 4.89. The minimum atomic E-state index is -0.145. The van der Waals surface area contributed by atoms with Crippen LogP contribution in [-0.4, -0.2) is 22.3 Å². The topological polar surface area (TPSA) is 65.4 Å². The molecule has 1 aromatic heterocycles. The van der Waals surface area contributed by atoms with E-state index in [0.717, 1.165) is 22.7 Å². The number of hydrogen-bond donors (Lipinski definition) is 1. The van der Waals surface area contributed by atoms with Crippen molar-refractivity contribution in [2.24, 2.45) is 0 Å². The number of carbonyl (C=O) groups excluding carboxylic acids is 1. The summed E-state index contributed by atoms with van der Waals surface area (Å²) in [5.41, 5.74) is 2.64. The Kier molecular flexibility index (Phi) is 3.39. The molecule has 0 aliphatic carbocycles. The molecule has 2 aliphatic rings. The molecule has 7 heteroatoms.